The van der Waals surface area contributed by atoms with Gasteiger partial charge in [-0.3, -0.25) is 4.79 Å². The molecule has 3 aromatic rings. The van der Waals surface area contributed by atoms with E-state index in [4.69, 9.17) is 4.74 Å². The van der Waals surface area contributed by atoms with Gasteiger partial charge in [0.15, 0.2) is 5.43 Å². The molecule has 0 amide bonds. The number of nitrogens with one attached hydrogen (secondary N) is 1. The van der Waals surface area contributed by atoms with Crippen molar-refractivity contribution >= 4 is 21.8 Å². The average molecular weight is 239 g/mol. The molecule has 3 rings (SSSR count). The van der Waals surface area contributed by atoms with Gasteiger partial charge in [0.25, 0.3) is 0 Å². The number of para-hydroxylation sites is 2. The number of ether oxygens (including phenoxy) is 1. The first kappa shape index (κ1) is 11.0. The maximum atomic E-state index is 12.4. The summed E-state index contributed by atoms with van der Waals surface area (Å²) in [5.41, 5.74) is 2.79. The maximum Gasteiger partial charge on any atom is 0.197 e. The first-order chi connectivity index (χ1) is 8.81. The molecule has 0 aliphatic heterocycles. The zero-order valence-electron chi connectivity index (χ0n) is 10.1. The Bertz CT molecular complexity index is 774. The van der Waals surface area contributed by atoms with Crippen LogP contribution in [0.4, 0.5) is 0 Å². The fourth-order valence-corrected chi connectivity index (χ4v) is 2.28. The van der Waals surface area contributed by atoms with Crippen LogP contribution in [0, 0.1) is 0 Å². The summed E-state index contributed by atoms with van der Waals surface area (Å²) >= 11 is 0. The Balaban J connectivity index is 2.47. The molecule has 0 spiro atoms. The minimum atomic E-state index is 0.0669. The number of fused-ring (bicyclic) bond motifs is 2. The van der Waals surface area contributed by atoms with Crippen molar-refractivity contribution < 1.29 is 4.74 Å². The number of benzene rings is 2. The Morgan fingerprint density at radius 3 is 2.67 bits per heavy atom. The predicted octanol–water partition coefficient (Wildman–Crippen LogP) is 2.83. The Labute approximate surface area is 104 Å². The van der Waals surface area contributed by atoms with Gasteiger partial charge in [-0.2, -0.15) is 0 Å². The molecule has 1 heterocycles. The smallest absolute Gasteiger partial charge is 0.197 e. The molecule has 2 aromatic carbocycles. The molecule has 1 aromatic heterocycles. The van der Waals surface area contributed by atoms with Crippen LogP contribution in [0.2, 0.25) is 0 Å². The summed E-state index contributed by atoms with van der Waals surface area (Å²) in [4.78, 5) is 15.7. The molecule has 0 saturated heterocycles. The normalized spacial score (nSPS) is 11.2. The SMILES string of the molecule is COCc1cccc2c(=O)c3ccccc3[nH]c12. The molecule has 0 unspecified atom stereocenters. The van der Waals surface area contributed by atoms with Crippen molar-refractivity contribution in [1.29, 1.82) is 0 Å². The lowest BCUT2D eigenvalue weighted by Crippen LogP contribution is -2.05. The topological polar surface area (TPSA) is 42.1 Å². The fourth-order valence-electron chi connectivity index (χ4n) is 2.28. The van der Waals surface area contributed by atoms with Crippen LogP contribution in [0.15, 0.2) is 47.3 Å². The van der Waals surface area contributed by atoms with Crippen LogP contribution < -0.4 is 5.43 Å². The van der Waals surface area contributed by atoms with Crippen molar-refractivity contribution in [3.8, 4) is 0 Å². The van der Waals surface area contributed by atoms with E-state index >= 15 is 0 Å². The molecular weight excluding hydrogens is 226 g/mol. The summed E-state index contributed by atoms with van der Waals surface area (Å²) < 4.78 is 5.17. The number of aromatic amines is 1. The van der Waals surface area contributed by atoms with E-state index in [-0.39, 0.29) is 5.43 Å². The van der Waals surface area contributed by atoms with Crippen molar-refractivity contribution in [2.75, 3.05) is 7.11 Å². The third-order valence-corrected chi connectivity index (χ3v) is 3.13. The number of rotatable bonds is 2. The van der Waals surface area contributed by atoms with Gasteiger partial charge in [0.2, 0.25) is 0 Å². The van der Waals surface area contributed by atoms with Crippen LogP contribution in [-0.2, 0) is 11.3 Å². The standard InChI is InChI=1S/C15H13NO2/c1-18-9-10-5-4-7-12-14(10)16-13-8-3-2-6-11(13)15(12)17/h2-8H,9H2,1H3,(H,16,17). The van der Waals surface area contributed by atoms with Gasteiger partial charge in [-0.15, -0.1) is 0 Å². The van der Waals surface area contributed by atoms with Crippen molar-refractivity contribution in [1.82, 2.24) is 4.98 Å². The minimum Gasteiger partial charge on any atom is -0.380 e. The molecule has 90 valence electrons. The van der Waals surface area contributed by atoms with Gasteiger partial charge in [-0.05, 0) is 18.2 Å². The van der Waals surface area contributed by atoms with E-state index in [9.17, 15) is 4.79 Å². The molecule has 0 aliphatic rings. The molecule has 0 bridgehead atoms. The van der Waals surface area contributed by atoms with Gasteiger partial charge in [-0.25, -0.2) is 0 Å². The van der Waals surface area contributed by atoms with E-state index in [1.54, 1.807) is 7.11 Å². The van der Waals surface area contributed by atoms with Crippen molar-refractivity contribution in [2.24, 2.45) is 0 Å². The molecule has 0 fully saturated rings. The number of pyridine rings is 1. The minimum absolute atomic E-state index is 0.0669. The van der Waals surface area contributed by atoms with Crippen molar-refractivity contribution in [3.05, 3.63) is 58.3 Å². The van der Waals surface area contributed by atoms with Gasteiger partial charge in [-0.1, -0.05) is 24.3 Å². The van der Waals surface area contributed by atoms with E-state index in [2.05, 4.69) is 4.98 Å². The molecule has 3 heteroatoms. The lowest BCUT2D eigenvalue weighted by atomic mass is 10.1. The predicted molar refractivity (Wildman–Crippen MR) is 72.8 cm³/mol. The number of hydrogen-bond donors (Lipinski definition) is 1. The highest BCUT2D eigenvalue weighted by Gasteiger charge is 2.07. The molecule has 0 atom stereocenters. The molecule has 0 saturated carbocycles. The summed E-state index contributed by atoms with van der Waals surface area (Å²) in [5, 5.41) is 1.43. The van der Waals surface area contributed by atoms with Crippen molar-refractivity contribution in [2.45, 2.75) is 6.61 Å². The highest BCUT2D eigenvalue weighted by atomic mass is 16.5. The zero-order valence-corrected chi connectivity index (χ0v) is 10.1. The van der Waals surface area contributed by atoms with Gasteiger partial charge in [0.1, 0.15) is 0 Å². The monoisotopic (exact) mass is 239 g/mol. The van der Waals surface area contributed by atoms with Gasteiger partial charge >= 0.3 is 0 Å². The second-order valence-electron chi connectivity index (χ2n) is 4.27. The summed E-state index contributed by atoms with van der Waals surface area (Å²) in [6.45, 7) is 0.492. The second-order valence-corrected chi connectivity index (χ2v) is 4.27. The summed E-state index contributed by atoms with van der Waals surface area (Å²) in [6.07, 6.45) is 0. The maximum absolute atomic E-state index is 12.4. The molecular formula is C15H13NO2. The first-order valence-electron chi connectivity index (χ1n) is 5.83. The van der Waals surface area contributed by atoms with Crippen LogP contribution in [-0.4, -0.2) is 12.1 Å². The van der Waals surface area contributed by atoms with Gasteiger partial charge < -0.3 is 9.72 Å². The van der Waals surface area contributed by atoms with E-state index in [0.29, 0.717) is 12.0 Å². The van der Waals surface area contributed by atoms with E-state index in [1.807, 2.05) is 42.5 Å². The van der Waals surface area contributed by atoms with Crippen molar-refractivity contribution in [3.63, 3.8) is 0 Å². The second kappa shape index (κ2) is 4.27. The van der Waals surface area contributed by atoms with E-state index in [1.165, 1.54) is 0 Å². The van der Waals surface area contributed by atoms with Crippen LogP contribution in [0.5, 0.6) is 0 Å². The Morgan fingerprint density at radius 2 is 1.83 bits per heavy atom. The van der Waals surface area contributed by atoms with Crippen LogP contribution in [0.3, 0.4) is 0 Å². The average Bonchev–Trinajstić information content (AvgIpc) is 2.40. The quantitative estimate of drug-likeness (QED) is 0.699. The highest BCUT2D eigenvalue weighted by molar-refractivity contribution is 5.93. The van der Waals surface area contributed by atoms with Crippen LogP contribution in [0.25, 0.3) is 21.8 Å². The molecule has 0 aliphatic carbocycles. The van der Waals surface area contributed by atoms with Crippen LogP contribution >= 0.6 is 0 Å². The Kier molecular flexibility index (Phi) is 2.61. The Morgan fingerprint density at radius 1 is 1.06 bits per heavy atom. The third-order valence-electron chi connectivity index (χ3n) is 3.13. The lowest BCUT2D eigenvalue weighted by Gasteiger charge is -2.07. The lowest BCUT2D eigenvalue weighted by molar-refractivity contribution is 0.186. The Hall–Kier alpha value is -2.13. The highest BCUT2D eigenvalue weighted by Crippen LogP contribution is 2.18. The largest absolute Gasteiger partial charge is 0.380 e. The summed E-state index contributed by atoms with van der Waals surface area (Å²) in [6, 6.07) is 13.3. The molecule has 18 heavy (non-hydrogen) atoms. The number of hydrogen-bond acceptors (Lipinski definition) is 2. The van der Waals surface area contributed by atoms with Gasteiger partial charge in [0, 0.05) is 29.0 Å². The van der Waals surface area contributed by atoms with Crippen LogP contribution in [0.1, 0.15) is 5.56 Å². The number of H-pyrrole nitrogens is 1. The summed E-state index contributed by atoms with van der Waals surface area (Å²) in [5.74, 6) is 0. The molecule has 1 N–H and O–H groups in total. The third kappa shape index (κ3) is 1.60. The number of methoxy groups -OCH3 is 1. The zero-order chi connectivity index (χ0) is 12.5. The molecule has 0 radical (unpaired) electrons. The summed E-state index contributed by atoms with van der Waals surface area (Å²) in [7, 11) is 1.65. The number of aromatic nitrogens is 1. The van der Waals surface area contributed by atoms with E-state index in [0.717, 1.165) is 22.0 Å². The van der Waals surface area contributed by atoms with Gasteiger partial charge in [0.05, 0.1) is 12.1 Å². The van der Waals surface area contributed by atoms with E-state index < -0.39 is 0 Å². The first-order valence-corrected chi connectivity index (χ1v) is 5.83. The fraction of sp³-hybridized carbons (Fsp3) is 0.133. The molecule has 3 nitrogen and oxygen atoms in total.